The first kappa shape index (κ1) is 16.0. The second-order valence-corrected chi connectivity index (χ2v) is 8.62. The molecule has 4 atom stereocenters. The fourth-order valence-electron chi connectivity index (χ4n) is 6.16. The monoisotopic (exact) mass is 355 g/mol. The molecule has 2 aliphatic carbocycles. The van der Waals surface area contributed by atoms with Crippen LogP contribution in [-0.4, -0.2) is 42.4 Å². The van der Waals surface area contributed by atoms with Crippen molar-refractivity contribution in [3.05, 3.63) is 23.8 Å². The summed E-state index contributed by atoms with van der Waals surface area (Å²) in [5, 5.41) is 6.71. The molecular weight excluding hydrogens is 330 g/mol. The lowest BCUT2D eigenvalue weighted by Crippen LogP contribution is -2.60. The van der Waals surface area contributed by atoms with Crippen molar-refractivity contribution in [1.82, 2.24) is 5.01 Å². The van der Waals surface area contributed by atoms with Crippen molar-refractivity contribution >= 4 is 12.1 Å². The van der Waals surface area contributed by atoms with E-state index in [4.69, 9.17) is 20.3 Å². The topological polar surface area (TPSA) is 77.2 Å². The molecule has 6 heteroatoms. The van der Waals surface area contributed by atoms with Gasteiger partial charge < -0.3 is 15.2 Å². The van der Waals surface area contributed by atoms with Gasteiger partial charge in [-0.15, -0.1) is 0 Å². The average Bonchev–Trinajstić information content (AvgIpc) is 3.08. The standard InChI is InChI=1S/C20H25N3O3/c1-18-12-23(20(17(21)24)10-14(18)5-6-19(18,20)2)22-11-13-3-4-15-16(9-13)26-8-7-25-15/h3-4,9,11,14H,5-8,10,12H2,1-2H3,(H2,21,24)/b22-11-/t14-,18+,19-,20+/m1/s1. The third kappa shape index (κ3) is 1.68. The van der Waals surface area contributed by atoms with E-state index in [0.29, 0.717) is 19.1 Å². The zero-order chi connectivity index (χ0) is 18.2. The Morgan fingerprint density at radius 1 is 1.31 bits per heavy atom. The molecular formula is C20H25N3O3. The first-order valence-electron chi connectivity index (χ1n) is 9.42. The van der Waals surface area contributed by atoms with E-state index in [2.05, 4.69) is 13.8 Å². The molecule has 1 aromatic rings. The summed E-state index contributed by atoms with van der Waals surface area (Å²) in [6, 6.07) is 5.79. The van der Waals surface area contributed by atoms with Gasteiger partial charge in [0.1, 0.15) is 18.8 Å². The van der Waals surface area contributed by atoms with E-state index >= 15 is 0 Å². The Labute approximate surface area is 153 Å². The molecule has 4 aliphatic rings. The first-order chi connectivity index (χ1) is 12.4. The molecule has 4 bridgehead atoms. The molecule has 138 valence electrons. The summed E-state index contributed by atoms with van der Waals surface area (Å²) in [6.45, 7) is 6.48. The molecule has 2 heterocycles. The molecule has 0 spiro atoms. The van der Waals surface area contributed by atoms with Crippen LogP contribution >= 0.6 is 0 Å². The first-order valence-corrected chi connectivity index (χ1v) is 9.42. The van der Waals surface area contributed by atoms with Gasteiger partial charge in [0.15, 0.2) is 11.5 Å². The third-order valence-electron chi connectivity index (χ3n) is 7.85. The molecule has 2 saturated carbocycles. The van der Waals surface area contributed by atoms with Gasteiger partial charge in [0, 0.05) is 12.0 Å². The minimum atomic E-state index is -0.658. The molecule has 0 aromatic heterocycles. The SMILES string of the molecule is C[C@]12CC[C@@H]3C[C@@]1(C(N)=O)N(/N=C\c1ccc4c(c1)OCCO4)C[C@@]32C. The lowest BCUT2D eigenvalue weighted by Gasteiger charge is -2.44. The van der Waals surface area contributed by atoms with Crippen molar-refractivity contribution in [3.63, 3.8) is 0 Å². The number of carbonyl (C=O) groups is 1. The second kappa shape index (κ2) is 4.93. The summed E-state index contributed by atoms with van der Waals surface area (Å²) in [7, 11) is 0. The lowest BCUT2D eigenvalue weighted by molar-refractivity contribution is -0.135. The quantitative estimate of drug-likeness (QED) is 0.843. The number of carbonyl (C=O) groups excluding carboxylic acids is 1. The van der Waals surface area contributed by atoms with Crippen molar-refractivity contribution in [1.29, 1.82) is 0 Å². The van der Waals surface area contributed by atoms with E-state index in [-0.39, 0.29) is 16.7 Å². The Hall–Kier alpha value is -2.24. The van der Waals surface area contributed by atoms with E-state index in [1.54, 1.807) is 0 Å². The number of hydrazone groups is 1. The molecule has 2 N–H and O–H groups in total. The molecule has 0 radical (unpaired) electrons. The predicted molar refractivity (Wildman–Crippen MR) is 97.2 cm³/mol. The van der Waals surface area contributed by atoms with Gasteiger partial charge in [-0.2, -0.15) is 5.10 Å². The molecule has 6 nitrogen and oxygen atoms in total. The maximum atomic E-state index is 12.6. The Balaban J connectivity index is 1.48. The van der Waals surface area contributed by atoms with E-state index in [1.807, 2.05) is 29.4 Å². The van der Waals surface area contributed by atoms with E-state index in [1.165, 1.54) is 6.42 Å². The number of nitrogens with two attached hydrogens (primary N) is 1. The van der Waals surface area contributed by atoms with Crippen LogP contribution in [0.2, 0.25) is 0 Å². The summed E-state index contributed by atoms with van der Waals surface area (Å²) < 4.78 is 11.2. The smallest absolute Gasteiger partial charge is 0.245 e. The van der Waals surface area contributed by atoms with Crippen LogP contribution in [-0.2, 0) is 4.79 Å². The molecule has 1 amide bonds. The van der Waals surface area contributed by atoms with Crippen molar-refractivity contribution in [2.45, 2.75) is 38.6 Å². The maximum Gasteiger partial charge on any atom is 0.245 e. The molecule has 3 fully saturated rings. The zero-order valence-corrected chi connectivity index (χ0v) is 15.3. The summed E-state index contributed by atoms with van der Waals surface area (Å²) >= 11 is 0. The lowest BCUT2D eigenvalue weighted by atomic mass is 9.65. The minimum Gasteiger partial charge on any atom is -0.486 e. The number of hydrogen-bond acceptors (Lipinski definition) is 5. The van der Waals surface area contributed by atoms with Crippen LogP contribution in [0.5, 0.6) is 11.5 Å². The number of rotatable bonds is 3. The van der Waals surface area contributed by atoms with Crippen LogP contribution in [0.15, 0.2) is 23.3 Å². The molecule has 2 aliphatic heterocycles. The minimum absolute atomic E-state index is 0.0966. The van der Waals surface area contributed by atoms with Crippen molar-refractivity contribution < 1.29 is 14.3 Å². The third-order valence-corrected chi connectivity index (χ3v) is 7.85. The molecule has 5 rings (SSSR count). The number of primary amides is 1. The van der Waals surface area contributed by atoms with Gasteiger partial charge in [-0.1, -0.05) is 13.8 Å². The zero-order valence-electron chi connectivity index (χ0n) is 15.3. The number of hydrogen-bond donors (Lipinski definition) is 1. The maximum absolute atomic E-state index is 12.6. The van der Waals surface area contributed by atoms with Crippen molar-refractivity contribution in [3.8, 4) is 11.5 Å². The number of amides is 1. The van der Waals surface area contributed by atoms with Crippen LogP contribution in [0.25, 0.3) is 0 Å². The van der Waals surface area contributed by atoms with Gasteiger partial charge in [0.25, 0.3) is 0 Å². The van der Waals surface area contributed by atoms with Crippen molar-refractivity contribution in [2.75, 3.05) is 19.8 Å². The Kier molecular flexibility index (Phi) is 3.03. The highest BCUT2D eigenvalue weighted by Gasteiger charge is 2.80. The average molecular weight is 355 g/mol. The Morgan fingerprint density at radius 2 is 2.08 bits per heavy atom. The van der Waals surface area contributed by atoms with Gasteiger partial charge in [0.05, 0.1) is 6.21 Å². The van der Waals surface area contributed by atoms with Crippen LogP contribution in [0.1, 0.15) is 38.7 Å². The largest absolute Gasteiger partial charge is 0.486 e. The van der Waals surface area contributed by atoms with Gasteiger partial charge in [-0.25, -0.2) is 0 Å². The van der Waals surface area contributed by atoms with Crippen LogP contribution < -0.4 is 15.2 Å². The molecule has 1 aromatic carbocycles. The second-order valence-electron chi connectivity index (χ2n) is 8.62. The van der Waals surface area contributed by atoms with Crippen LogP contribution in [0.3, 0.4) is 0 Å². The highest BCUT2D eigenvalue weighted by Crippen LogP contribution is 2.75. The van der Waals surface area contributed by atoms with Gasteiger partial charge in [0.2, 0.25) is 5.91 Å². The van der Waals surface area contributed by atoms with Crippen LogP contribution in [0, 0.1) is 16.7 Å². The van der Waals surface area contributed by atoms with Crippen LogP contribution in [0.4, 0.5) is 0 Å². The number of nitrogens with zero attached hydrogens (tertiary/aromatic N) is 2. The van der Waals surface area contributed by atoms with E-state index < -0.39 is 5.54 Å². The number of benzene rings is 1. The summed E-state index contributed by atoms with van der Waals surface area (Å²) in [5.74, 6) is 1.84. The van der Waals surface area contributed by atoms with Crippen molar-refractivity contribution in [2.24, 2.45) is 27.6 Å². The normalized spacial score (nSPS) is 39.8. The number of fused-ring (bicyclic) bond motifs is 1. The highest BCUT2D eigenvalue weighted by atomic mass is 16.6. The van der Waals surface area contributed by atoms with Gasteiger partial charge in [-0.3, -0.25) is 9.80 Å². The number of piperidine rings is 1. The predicted octanol–water partition coefficient (Wildman–Crippen LogP) is 2.16. The molecule has 26 heavy (non-hydrogen) atoms. The summed E-state index contributed by atoms with van der Waals surface area (Å²) in [5.41, 5.74) is 6.24. The van der Waals surface area contributed by atoms with Gasteiger partial charge in [-0.05, 0) is 54.4 Å². The highest BCUT2D eigenvalue weighted by molar-refractivity contribution is 5.88. The Bertz CT molecular complexity index is 825. The van der Waals surface area contributed by atoms with Gasteiger partial charge >= 0.3 is 0 Å². The molecule has 0 unspecified atom stereocenters. The summed E-state index contributed by atoms with van der Waals surface area (Å²) in [6.07, 6.45) is 4.88. The molecule has 1 saturated heterocycles. The number of ether oxygens (including phenoxy) is 2. The fraction of sp³-hybridized carbons (Fsp3) is 0.600. The fourth-order valence-corrected chi connectivity index (χ4v) is 6.16. The van der Waals surface area contributed by atoms with E-state index in [9.17, 15) is 4.79 Å². The summed E-state index contributed by atoms with van der Waals surface area (Å²) in [4.78, 5) is 12.6. The van der Waals surface area contributed by atoms with E-state index in [0.717, 1.165) is 36.4 Å². The Morgan fingerprint density at radius 3 is 2.81 bits per heavy atom.